The van der Waals surface area contributed by atoms with E-state index >= 15 is 0 Å². The van der Waals surface area contributed by atoms with Gasteiger partial charge in [0, 0.05) is 12.5 Å². The number of hydrogen-bond acceptors (Lipinski definition) is 2. The molecule has 2 aromatic rings. The lowest BCUT2D eigenvalue weighted by Gasteiger charge is -2.13. The molecule has 0 aliphatic heterocycles. The summed E-state index contributed by atoms with van der Waals surface area (Å²) in [5, 5.41) is 3.41. The Morgan fingerprint density at radius 2 is 1.70 bits per heavy atom. The fraction of sp³-hybridized carbons (Fsp3) is 0.333. The lowest BCUT2D eigenvalue weighted by atomic mass is 10.1. The van der Waals surface area contributed by atoms with Gasteiger partial charge in [-0.15, -0.1) is 0 Å². The van der Waals surface area contributed by atoms with Crippen LogP contribution in [0.1, 0.15) is 31.0 Å². The Morgan fingerprint density at radius 3 is 2.35 bits per heavy atom. The van der Waals surface area contributed by atoms with Gasteiger partial charge in [-0.25, -0.2) is 0 Å². The van der Waals surface area contributed by atoms with Gasteiger partial charge in [-0.1, -0.05) is 49.4 Å². The average molecular weight is 269 g/mol. The first-order valence-corrected chi connectivity index (χ1v) is 7.29. The van der Waals surface area contributed by atoms with Crippen molar-refractivity contribution in [1.82, 2.24) is 5.32 Å². The van der Waals surface area contributed by atoms with E-state index in [4.69, 9.17) is 4.74 Å². The molecular weight excluding hydrogens is 246 g/mol. The second-order valence-corrected chi connectivity index (χ2v) is 4.93. The van der Waals surface area contributed by atoms with Crippen molar-refractivity contribution in [1.29, 1.82) is 0 Å². The summed E-state index contributed by atoms with van der Waals surface area (Å²) in [7, 11) is 0. The first-order chi connectivity index (χ1) is 9.79. The van der Waals surface area contributed by atoms with Gasteiger partial charge in [-0.3, -0.25) is 0 Å². The van der Waals surface area contributed by atoms with Crippen molar-refractivity contribution < 1.29 is 4.74 Å². The van der Waals surface area contributed by atoms with Gasteiger partial charge in [0.2, 0.25) is 0 Å². The standard InChI is InChI=1S/C18H23NO/c1-3-19-15(2)17-9-11-18(12-10-17)20-14-13-16-7-5-4-6-8-16/h4-12,15,19H,3,13-14H2,1-2H3. The van der Waals surface area contributed by atoms with E-state index in [-0.39, 0.29) is 0 Å². The Labute approximate surface area is 121 Å². The fourth-order valence-electron chi connectivity index (χ4n) is 2.21. The molecule has 0 saturated carbocycles. The molecule has 0 radical (unpaired) electrons. The van der Waals surface area contributed by atoms with Gasteiger partial charge in [-0.2, -0.15) is 0 Å². The molecule has 1 atom stereocenters. The highest BCUT2D eigenvalue weighted by Crippen LogP contribution is 2.17. The molecule has 0 saturated heterocycles. The summed E-state index contributed by atoms with van der Waals surface area (Å²) in [6, 6.07) is 19.2. The van der Waals surface area contributed by atoms with E-state index in [9.17, 15) is 0 Å². The minimum atomic E-state index is 0.387. The Kier molecular flexibility index (Phi) is 5.63. The molecule has 20 heavy (non-hydrogen) atoms. The van der Waals surface area contributed by atoms with Crippen molar-refractivity contribution in [3.63, 3.8) is 0 Å². The van der Waals surface area contributed by atoms with Gasteiger partial charge in [0.15, 0.2) is 0 Å². The number of benzene rings is 2. The van der Waals surface area contributed by atoms with Crippen LogP contribution >= 0.6 is 0 Å². The Balaban J connectivity index is 1.82. The average Bonchev–Trinajstić information content (AvgIpc) is 2.49. The number of rotatable bonds is 7. The van der Waals surface area contributed by atoms with Crippen LogP contribution in [0.3, 0.4) is 0 Å². The maximum absolute atomic E-state index is 5.78. The SMILES string of the molecule is CCNC(C)c1ccc(OCCc2ccccc2)cc1. The molecule has 0 heterocycles. The summed E-state index contributed by atoms with van der Waals surface area (Å²) in [6.45, 7) is 5.99. The topological polar surface area (TPSA) is 21.3 Å². The van der Waals surface area contributed by atoms with E-state index in [0.29, 0.717) is 12.6 Å². The second kappa shape index (κ2) is 7.71. The molecule has 2 aromatic carbocycles. The smallest absolute Gasteiger partial charge is 0.119 e. The zero-order valence-electron chi connectivity index (χ0n) is 12.3. The lowest BCUT2D eigenvalue weighted by Crippen LogP contribution is -2.17. The van der Waals surface area contributed by atoms with Crippen molar-refractivity contribution >= 4 is 0 Å². The highest BCUT2D eigenvalue weighted by molar-refractivity contribution is 5.29. The number of ether oxygens (including phenoxy) is 1. The van der Waals surface area contributed by atoms with Crippen molar-refractivity contribution in [3.8, 4) is 5.75 Å². The Hall–Kier alpha value is -1.80. The Bertz CT molecular complexity index is 493. The van der Waals surface area contributed by atoms with Crippen LogP contribution in [0.2, 0.25) is 0 Å². The molecule has 2 nitrogen and oxygen atoms in total. The molecule has 2 rings (SSSR count). The second-order valence-electron chi connectivity index (χ2n) is 4.93. The monoisotopic (exact) mass is 269 g/mol. The third-order valence-electron chi connectivity index (χ3n) is 3.39. The highest BCUT2D eigenvalue weighted by Gasteiger charge is 2.03. The van der Waals surface area contributed by atoms with Crippen LogP contribution in [0.4, 0.5) is 0 Å². The van der Waals surface area contributed by atoms with Gasteiger partial charge < -0.3 is 10.1 Å². The van der Waals surface area contributed by atoms with Crippen molar-refractivity contribution in [3.05, 3.63) is 65.7 Å². The first-order valence-electron chi connectivity index (χ1n) is 7.29. The third kappa shape index (κ3) is 4.39. The fourth-order valence-corrected chi connectivity index (χ4v) is 2.21. The molecule has 0 fully saturated rings. The molecule has 0 aliphatic carbocycles. The number of nitrogens with one attached hydrogen (secondary N) is 1. The molecule has 1 N–H and O–H groups in total. The third-order valence-corrected chi connectivity index (χ3v) is 3.39. The maximum atomic E-state index is 5.78. The quantitative estimate of drug-likeness (QED) is 0.821. The zero-order valence-corrected chi connectivity index (χ0v) is 12.3. The van der Waals surface area contributed by atoms with Gasteiger partial charge in [0.05, 0.1) is 6.61 Å². The summed E-state index contributed by atoms with van der Waals surface area (Å²) in [5.74, 6) is 0.938. The van der Waals surface area contributed by atoms with Crippen LogP contribution in [0.25, 0.3) is 0 Å². The highest BCUT2D eigenvalue weighted by atomic mass is 16.5. The predicted molar refractivity (Wildman–Crippen MR) is 84.2 cm³/mol. The normalized spacial score (nSPS) is 12.1. The van der Waals surface area contributed by atoms with Crippen LogP contribution in [-0.4, -0.2) is 13.2 Å². The maximum Gasteiger partial charge on any atom is 0.119 e. The summed E-state index contributed by atoms with van der Waals surface area (Å²) in [5.41, 5.74) is 2.60. The predicted octanol–water partition coefficient (Wildman–Crippen LogP) is 3.98. The van der Waals surface area contributed by atoms with Gasteiger partial charge >= 0.3 is 0 Å². The van der Waals surface area contributed by atoms with Gasteiger partial charge in [0.25, 0.3) is 0 Å². The molecule has 1 unspecified atom stereocenters. The molecule has 0 amide bonds. The zero-order chi connectivity index (χ0) is 14.2. The summed E-state index contributed by atoms with van der Waals surface area (Å²) < 4.78 is 5.78. The molecule has 106 valence electrons. The van der Waals surface area contributed by atoms with E-state index in [1.54, 1.807) is 0 Å². The van der Waals surface area contributed by atoms with Gasteiger partial charge in [0.1, 0.15) is 5.75 Å². The van der Waals surface area contributed by atoms with Crippen molar-refractivity contribution in [2.75, 3.05) is 13.2 Å². The minimum Gasteiger partial charge on any atom is -0.493 e. The van der Waals surface area contributed by atoms with E-state index in [0.717, 1.165) is 18.7 Å². The van der Waals surface area contributed by atoms with E-state index in [1.807, 2.05) is 18.2 Å². The van der Waals surface area contributed by atoms with E-state index in [2.05, 4.69) is 55.6 Å². The van der Waals surface area contributed by atoms with Crippen LogP contribution in [0, 0.1) is 0 Å². The van der Waals surface area contributed by atoms with Crippen LogP contribution in [-0.2, 0) is 6.42 Å². The minimum absolute atomic E-state index is 0.387. The summed E-state index contributed by atoms with van der Waals surface area (Å²) in [4.78, 5) is 0. The number of hydrogen-bond donors (Lipinski definition) is 1. The largest absolute Gasteiger partial charge is 0.493 e. The van der Waals surface area contributed by atoms with Crippen molar-refractivity contribution in [2.24, 2.45) is 0 Å². The van der Waals surface area contributed by atoms with Crippen LogP contribution in [0.5, 0.6) is 5.75 Å². The van der Waals surface area contributed by atoms with Gasteiger partial charge in [-0.05, 0) is 36.7 Å². The van der Waals surface area contributed by atoms with E-state index in [1.165, 1.54) is 11.1 Å². The summed E-state index contributed by atoms with van der Waals surface area (Å²) >= 11 is 0. The molecule has 0 aliphatic rings. The summed E-state index contributed by atoms with van der Waals surface area (Å²) in [6.07, 6.45) is 0.941. The molecule has 0 aromatic heterocycles. The molecule has 0 bridgehead atoms. The van der Waals surface area contributed by atoms with Crippen LogP contribution < -0.4 is 10.1 Å². The molecule has 0 spiro atoms. The lowest BCUT2D eigenvalue weighted by molar-refractivity contribution is 0.322. The Morgan fingerprint density at radius 1 is 1.00 bits per heavy atom. The van der Waals surface area contributed by atoms with E-state index < -0.39 is 0 Å². The molecule has 2 heteroatoms. The van der Waals surface area contributed by atoms with Crippen LogP contribution in [0.15, 0.2) is 54.6 Å². The first kappa shape index (κ1) is 14.6. The molecular formula is C18H23NO. The van der Waals surface area contributed by atoms with Crippen molar-refractivity contribution in [2.45, 2.75) is 26.3 Å².